The van der Waals surface area contributed by atoms with Crippen molar-refractivity contribution < 1.29 is 9.90 Å². The normalized spacial score (nSPS) is 21.1. The first-order valence-electron chi connectivity index (χ1n) is 6.28. The van der Waals surface area contributed by atoms with Crippen LogP contribution >= 0.6 is 0 Å². The highest BCUT2D eigenvalue weighted by Gasteiger charge is 2.25. The Bertz CT molecular complexity index is 459. The van der Waals surface area contributed by atoms with Crippen LogP contribution in [0.4, 0.5) is 0 Å². The highest BCUT2D eigenvalue weighted by atomic mass is 16.3. The third-order valence-electron chi connectivity index (χ3n) is 3.69. The summed E-state index contributed by atoms with van der Waals surface area (Å²) in [6.45, 7) is 6.41. The molecule has 4 heteroatoms. The average Bonchev–Trinajstić information content (AvgIpc) is 2.32. The Kier molecular flexibility index (Phi) is 3.57. The van der Waals surface area contributed by atoms with E-state index in [1.807, 2.05) is 11.8 Å². The Morgan fingerprint density at radius 1 is 1.39 bits per heavy atom. The van der Waals surface area contributed by atoms with E-state index in [2.05, 4.69) is 18.9 Å². The molecule has 1 saturated heterocycles. The Hall–Kier alpha value is -1.55. The smallest absolute Gasteiger partial charge is 0.254 e. The molecule has 1 heterocycles. The Morgan fingerprint density at radius 3 is 2.72 bits per heavy atom. The van der Waals surface area contributed by atoms with Gasteiger partial charge in [-0.15, -0.1) is 0 Å². The van der Waals surface area contributed by atoms with Gasteiger partial charge in [0.1, 0.15) is 5.75 Å². The van der Waals surface area contributed by atoms with Crippen molar-refractivity contribution >= 4 is 5.91 Å². The van der Waals surface area contributed by atoms with Crippen molar-refractivity contribution in [3.05, 3.63) is 29.3 Å². The van der Waals surface area contributed by atoms with E-state index < -0.39 is 0 Å². The van der Waals surface area contributed by atoms with E-state index >= 15 is 0 Å². The number of carbonyl (C=O) groups excluding carboxylic acids is 1. The molecular formula is C14H20N2O2. The molecule has 1 fully saturated rings. The molecule has 0 radical (unpaired) electrons. The SMILES string of the molecule is Cc1cc(O)ccc1C(=O)N1CCN(C)C(C)C1. The Balaban J connectivity index is 2.16. The number of amides is 1. The van der Waals surface area contributed by atoms with Crippen molar-refractivity contribution in [1.29, 1.82) is 0 Å². The average molecular weight is 248 g/mol. The minimum atomic E-state index is 0.0625. The molecule has 1 aromatic carbocycles. The molecule has 1 unspecified atom stereocenters. The van der Waals surface area contributed by atoms with Crippen LogP contribution in [0.5, 0.6) is 5.75 Å². The standard InChI is InChI=1S/C14H20N2O2/c1-10-8-12(17)4-5-13(10)14(18)16-7-6-15(3)11(2)9-16/h4-5,8,11,17H,6-7,9H2,1-3H3. The van der Waals surface area contributed by atoms with Crippen LogP contribution < -0.4 is 0 Å². The minimum Gasteiger partial charge on any atom is -0.508 e. The highest BCUT2D eigenvalue weighted by molar-refractivity contribution is 5.95. The van der Waals surface area contributed by atoms with Crippen LogP contribution in [0.1, 0.15) is 22.8 Å². The summed E-state index contributed by atoms with van der Waals surface area (Å²) in [5.74, 6) is 0.267. The van der Waals surface area contributed by atoms with Gasteiger partial charge in [-0.2, -0.15) is 0 Å². The first-order valence-corrected chi connectivity index (χ1v) is 6.28. The lowest BCUT2D eigenvalue weighted by molar-refractivity contribution is 0.0571. The maximum Gasteiger partial charge on any atom is 0.254 e. The molecule has 1 N–H and O–H groups in total. The monoisotopic (exact) mass is 248 g/mol. The molecule has 4 nitrogen and oxygen atoms in total. The quantitative estimate of drug-likeness (QED) is 0.818. The minimum absolute atomic E-state index is 0.0625. The molecule has 0 spiro atoms. The van der Waals surface area contributed by atoms with Gasteiger partial charge in [-0.3, -0.25) is 4.79 Å². The lowest BCUT2D eigenvalue weighted by atomic mass is 10.1. The summed E-state index contributed by atoms with van der Waals surface area (Å²) in [7, 11) is 2.08. The van der Waals surface area contributed by atoms with Crippen molar-refractivity contribution in [2.45, 2.75) is 19.9 Å². The van der Waals surface area contributed by atoms with Crippen LogP contribution in [0.15, 0.2) is 18.2 Å². The number of aromatic hydroxyl groups is 1. The molecule has 0 aliphatic carbocycles. The van der Waals surface area contributed by atoms with Gasteiger partial charge in [0.15, 0.2) is 0 Å². The summed E-state index contributed by atoms with van der Waals surface area (Å²) in [4.78, 5) is 16.6. The van der Waals surface area contributed by atoms with Crippen molar-refractivity contribution in [2.24, 2.45) is 0 Å². The van der Waals surface area contributed by atoms with Crippen LogP contribution in [0.3, 0.4) is 0 Å². The lowest BCUT2D eigenvalue weighted by Gasteiger charge is -2.37. The van der Waals surface area contributed by atoms with E-state index in [0.717, 1.165) is 25.2 Å². The molecule has 98 valence electrons. The fourth-order valence-electron chi connectivity index (χ4n) is 2.29. The predicted octanol–water partition coefficient (Wildman–Crippen LogP) is 1.48. The summed E-state index contributed by atoms with van der Waals surface area (Å²) < 4.78 is 0. The van der Waals surface area contributed by atoms with Gasteiger partial charge in [0.25, 0.3) is 5.91 Å². The number of carbonyl (C=O) groups is 1. The second-order valence-electron chi connectivity index (χ2n) is 5.08. The van der Waals surface area contributed by atoms with E-state index in [4.69, 9.17) is 0 Å². The van der Waals surface area contributed by atoms with E-state index in [1.165, 1.54) is 0 Å². The topological polar surface area (TPSA) is 43.8 Å². The van der Waals surface area contributed by atoms with Crippen LogP contribution in [-0.4, -0.2) is 53.5 Å². The Morgan fingerprint density at radius 2 is 2.11 bits per heavy atom. The first-order chi connectivity index (χ1) is 8.49. The van der Waals surface area contributed by atoms with Crippen LogP contribution in [0, 0.1) is 6.92 Å². The van der Waals surface area contributed by atoms with Crippen LogP contribution in [0.2, 0.25) is 0 Å². The number of benzene rings is 1. The third kappa shape index (κ3) is 2.48. The fraction of sp³-hybridized carbons (Fsp3) is 0.500. The van der Waals surface area contributed by atoms with Crippen molar-refractivity contribution in [3.63, 3.8) is 0 Å². The molecule has 0 bridgehead atoms. The summed E-state index contributed by atoms with van der Waals surface area (Å²) in [6, 6.07) is 5.29. The largest absolute Gasteiger partial charge is 0.508 e. The maximum atomic E-state index is 12.4. The van der Waals surface area contributed by atoms with E-state index in [9.17, 15) is 9.90 Å². The van der Waals surface area contributed by atoms with Crippen LogP contribution in [-0.2, 0) is 0 Å². The maximum absolute atomic E-state index is 12.4. The number of likely N-dealkylation sites (N-methyl/N-ethyl adjacent to an activating group) is 1. The molecule has 1 amide bonds. The lowest BCUT2D eigenvalue weighted by Crippen LogP contribution is -2.52. The van der Waals surface area contributed by atoms with Gasteiger partial charge in [0, 0.05) is 31.2 Å². The molecular weight excluding hydrogens is 228 g/mol. The number of rotatable bonds is 1. The predicted molar refractivity (Wildman–Crippen MR) is 70.8 cm³/mol. The zero-order chi connectivity index (χ0) is 13.3. The number of hydrogen-bond acceptors (Lipinski definition) is 3. The number of nitrogens with zero attached hydrogens (tertiary/aromatic N) is 2. The van der Waals surface area contributed by atoms with E-state index in [0.29, 0.717) is 11.6 Å². The van der Waals surface area contributed by atoms with Gasteiger partial charge in [-0.05, 0) is 44.7 Å². The molecule has 2 rings (SSSR count). The molecule has 0 saturated carbocycles. The van der Waals surface area contributed by atoms with E-state index in [1.54, 1.807) is 18.2 Å². The Labute approximate surface area is 108 Å². The summed E-state index contributed by atoms with van der Waals surface area (Å²) in [5.41, 5.74) is 1.51. The van der Waals surface area contributed by atoms with E-state index in [-0.39, 0.29) is 11.7 Å². The molecule has 0 aromatic heterocycles. The van der Waals surface area contributed by atoms with Gasteiger partial charge >= 0.3 is 0 Å². The first kappa shape index (κ1) is 12.9. The molecule has 1 aliphatic rings. The van der Waals surface area contributed by atoms with Gasteiger partial charge in [0.2, 0.25) is 0 Å². The molecule has 1 aromatic rings. The highest BCUT2D eigenvalue weighted by Crippen LogP contribution is 2.19. The van der Waals surface area contributed by atoms with Gasteiger partial charge in [-0.1, -0.05) is 0 Å². The molecule has 1 aliphatic heterocycles. The van der Waals surface area contributed by atoms with Crippen molar-refractivity contribution in [1.82, 2.24) is 9.80 Å². The number of aryl methyl sites for hydroxylation is 1. The van der Waals surface area contributed by atoms with Crippen molar-refractivity contribution in [3.8, 4) is 5.75 Å². The fourth-order valence-corrected chi connectivity index (χ4v) is 2.29. The summed E-state index contributed by atoms with van der Waals surface area (Å²) in [5, 5.41) is 9.37. The summed E-state index contributed by atoms with van der Waals surface area (Å²) in [6.07, 6.45) is 0. The number of phenolic OH excluding ortho intramolecular Hbond substituents is 1. The van der Waals surface area contributed by atoms with Crippen molar-refractivity contribution in [2.75, 3.05) is 26.7 Å². The zero-order valence-corrected chi connectivity index (χ0v) is 11.2. The number of hydrogen-bond donors (Lipinski definition) is 1. The third-order valence-corrected chi connectivity index (χ3v) is 3.69. The van der Waals surface area contributed by atoms with Gasteiger partial charge in [0.05, 0.1) is 0 Å². The number of piperazine rings is 1. The van der Waals surface area contributed by atoms with Gasteiger partial charge < -0.3 is 14.9 Å². The zero-order valence-electron chi connectivity index (χ0n) is 11.2. The molecule has 1 atom stereocenters. The van der Waals surface area contributed by atoms with Crippen LogP contribution in [0.25, 0.3) is 0 Å². The number of phenols is 1. The molecule has 18 heavy (non-hydrogen) atoms. The second kappa shape index (κ2) is 4.98. The second-order valence-corrected chi connectivity index (χ2v) is 5.08. The van der Waals surface area contributed by atoms with Gasteiger partial charge in [-0.25, -0.2) is 0 Å². The summed E-state index contributed by atoms with van der Waals surface area (Å²) >= 11 is 0.